The lowest BCUT2D eigenvalue weighted by molar-refractivity contribution is -0.739. The topological polar surface area (TPSA) is 104 Å². The Hall–Kier alpha value is -2.48. The first-order valence-electron chi connectivity index (χ1n) is 6.20. The molecule has 2 N–H and O–H groups in total. The molecule has 8 heteroatoms. The first-order valence-corrected chi connectivity index (χ1v) is 7.02. The molecule has 0 aliphatic heterocycles. The van der Waals surface area contributed by atoms with Gasteiger partial charge in [-0.2, -0.15) is 0 Å². The quantitative estimate of drug-likeness (QED) is 0.427. The van der Waals surface area contributed by atoms with Gasteiger partial charge >= 0.3 is 5.88 Å². The lowest BCUT2D eigenvalue weighted by Gasteiger charge is -2.06. The average molecular weight is 303 g/mol. The molecule has 0 spiro atoms. The molecule has 0 amide bonds. The zero-order valence-electron chi connectivity index (χ0n) is 11.7. The van der Waals surface area contributed by atoms with E-state index in [0.29, 0.717) is 10.6 Å². The van der Waals surface area contributed by atoms with Crippen LogP contribution in [0.2, 0.25) is 0 Å². The number of thiophene rings is 1. The van der Waals surface area contributed by atoms with Crippen LogP contribution < -0.4 is 15.5 Å². The molecule has 0 aliphatic rings. The minimum atomic E-state index is -0.456. The third kappa shape index (κ3) is 2.33. The van der Waals surface area contributed by atoms with Crippen LogP contribution in [-0.4, -0.2) is 16.2 Å². The van der Waals surface area contributed by atoms with Crippen molar-refractivity contribution in [1.82, 2.24) is 10.3 Å². The molecule has 21 heavy (non-hydrogen) atoms. The van der Waals surface area contributed by atoms with E-state index in [0.717, 1.165) is 21.5 Å². The Kier molecular flexibility index (Phi) is 3.09. The number of rotatable bonds is 2. The average Bonchev–Trinajstić information content (AvgIpc) is 2.96. The van der Waals surface area contributed by atoms with E-state index in [1.807, 2.05) is 19.9 Å². The molecule has 7 nitrogen and oxygen atoms in total. The van der Waals surface area contributed by atoms with Crippen LogP contribution in [0, 0.1) is 13.8 Å². The van der Waals surface area contributed by atoms with Crippen molar-refractivity contribution in [1.29, 1.82) is 0 Å². The Labute approximate surface area is 124 Å². The van der Waals surface area contributed by atoms with Crippen molar-refractivity contribution < 1.29 is 14.3 Å². The summed E-state index contributed by atoms with van der Waals surface area (Å²) in [6.07, 6.45) is 1.51. The number of nitrogen functional groups attached to an aromatic ring is 1. The fourth-order valence-electron chi connectivity index (χ4n) is 1.90. The fraction of sp³-hybridized carbons (Fsp3) is 0.231. The molecule has 0 unspecified atom stereocenters. The fourth-order valence-corrected chi connectivity index (χ4v) is 2.91. The summed E-state index contributed by atoms with van der Waals surface area (Å²) in [5, 5.41) is 16.6. The van der Waals surface area contributed by atoms with E-state index in [1.54, 1.807) is 7.05 Å². The van der Waals surface area contributed by atoms with Crippen LogP contribution >= 0.6 is 11.3 Å². The number of nitrogens with zero attached hydrogens (tertiary/aromatic N) is 4. The number of fused-ring (bicyclic) bond motifs is 1. The number of hydrogen-bond donors (Lipinski definition) is 1. The predicted octanol–water partition coefficient (Wildman–Crippen LogP) is 0.746. The summed E-state index contributed by atoms with van der Waals surface area (Å²) >= 11 is 1.23. The van der Waals surface area contributed by atoms with Gasteiger partial charge in [-0.25, -0.2) is 9.98 Å². The van der Waals surface area contributed by atoms with Crippen molar-refractivity contribution in [3.8, 4) is 0 Å². The van der Waals surface area contributed by atoms with Gasteiger partial charge in [0.2, 0.25) is 0 Å². The molecule has 0 atom stereocenters. The summed E-state index contributed by atoms with van der Waals surface area (Å²) in [7, 11) is 1.68. The molecule has 3 rings (SSSR count). The summed E-state index contributed by atoms with van der Waals surface area (Å²) in [4.78, 5) is 9.42. The molecular formula is C13H13N5O2S. The van der Waals surface area contributed by atoms with Crippen molar-refractivity contribution >= 4 is 39.0 Å². The Bertz CT molecular complexity index is 865. The SMILES string of the molecule is Cc1cc2c(N)c(/C([O-])=N/c3c[n+](C)no3)sc2nc1C. The summed E-state index contributed by atoms with van der Waals surface area (Å²) in [6.45, 7) is 3.88. The van der Waals surface area contributed by atoms with E-state index in [2.05, 4.69) is 15.2 Å². The number of pyridine rings is 1. The molecule has 108 valence electrons. The number of aromatic nitrogens is 3. The minimum Gasteiger partial charge on any atom is -0.857 e. The highest BCUT2D eigenvalue weighted by Crippen LogP contribution is 2.33. The number of hydrogen-bond acceptors (Lipinski definition) is 7. The second kappa shape index (κ2) is 4.81. The van der Waals surface area contributed by atoms with Gasteiger partial charge in [0, 0.05) is 17.0 Å². The third-order valence-corrected chi connectivity index (χ3v) is 4.23. The maximum absolute atomic E-state index is 12.2. The zero-order valence-corrected chi connectivity index (χ0v) is 12.6. The van der Waals surface area contributed by atoms with E-state index >= 15 is 0 Å². The van der Waals surface area contributed by atoms with Gasteiger partial charge in [-0.15, -0.1) is 11.3 Å². The van der Waals surface area contributed by atoms with Crippen LogP contribution in [0.3, 0.4) is 0 Å². The first-order chi connectivity index (χ1) is 9.95. The summed E-state index contributed by atoms with van der Waals surface area (Å²) in [5.74, 6) is -0.317. The van der Waals surface area contributed by atoms with Crippen LogP contribution in [0.1, 0.15) is 16.1 Å². The molecular weight excluding hydrogens is 290 g/mol. The van der Waals surface area contributed by atoms with Gasteiger partial charge in [-0.1, -0.05) is 4.68 Å². The second-order valence-corrected chi connectivity index (χ2v) is 5.72. The Morgan fingerprint density at radius 1 is 1.48 bits per heavy atom. The lowest BCUT2D eigenvalue weighted by atomic mass is 10.2. The molecule has 0 aromatic carbocycles. The largest absolute Gasteiger partial charge is 0.857 e. The maximum Gasteiger partial charge on any atom is 0.320 e. The molecule has 3 aromatic rings. The number of anilines is 1. The molecule has 0 radical (unpaired) electrons. The number of nitrogens with two attached hydrogens (primary N) is 1. The summed E-state index contributed by atoms with van der Waals surface area (Å²) in [5.41, 5.74) is 8.41. The van der Waals surface area contributed by atoms with Gasteiger partial charge in [-0.3, -0.25) is 4.52 Å². The van der Waals surface area contributed by atoms with Crippen molar-refractivity contribution in [2.75, 3.05) is 5.73 Å². The zero-order chi connectivity index (χ0) is 15.1. The molecule has 0 fully saturated rings. The highest BCUT2D eigenvalue weighted by atomic mass is 32.1. The maximum atomic E-state index is 12.2. The Morgan fingerprint density at radius 2 is 2.24 bits per heavy atom. The van der Waals surface area contributed by atoms with Gasteiger partial charge < -0.3 is 10.8 Å². The van der Waals surface area contributed by atoms with E-state index in [9.17, 15) is 5.11 Å². The highest BCUT2D eigenvalue weighted by molar-refractivity contribution is 7.21. The Morgan fingerprint density at radius 3 is 2.90 bits per heavy atom. The minimum absolute atomic E-state index is 0.139. The number of aryl methyl sites for hydroxylation is 3. The van der Waals surface area contributed by atoms with Gasteiger partial charge in [0.05, 0.1) is 10.6 Å². The standard InChI is InChI=1S/C13H13N5O2S/c1-6-4-8-10(14)11(21-13(8)15-7(6)2)12(19)16-9-5-18(3)17-20-9/h4-5H,1-3H3,(H2-,14,16,17,19). The van der Waals surface area contributed by atoms with E-state index in [4.69, 9.17) is 10.3 Å². The van der Waals surface area contributed by atoms with E-state index < -0.39 is 5.90 Å². The van der Waals surface area contributed by atoms with E-state index in [-0.39, 0.29) is 5.88 Å². The normalized spacial score (nSPS) is 12.2. The van der Waals surface area contributed by atoms with Crippen LogP contribution in [0.25, 0.3) is 10.2 Å². The van der Waals surface area contributed by atoms with Gasteiger partial charge in [0.15, 0.2) is 12.3 Å². The second-order valence-electron chi connectivity index (χ2n) is 4.72. The van der Waals surface area contributed by atoms with Crippen molar-refractivity contribution in [3.63, 3.8) is 0 Å². The van der Waals surface area contributed by atoms with Gasteiger partial charge in [0.25, 0.3) is 6.20 Å². The smallest absolute Gasteiger partial charge is 0.320 e. The highest BCUT2D eigenvalue weighted by Gasteiger charge is 2.13. The molecule has 0 aliphatic carbocycles. The first kappa shape index (κ1) is 13.5. The van der Waals surface area contributed by atoms with E-state index in [1.165, 1.54) is 22.2 Å². The lowest BCUT2D eigenvalue weighted by Crippen LogP contribution is -2.27. The summed E-state index contributed by atoms with van der Waals surface area (Å²) < 4.78 is 6.31. The molecule has 3 aromatic heterocycles. The van der Waals surface area contributed by atoms with Crippen molar-refractivity contribution in [2.24, 2.45) is 12.0 Å². The van der Waals surface area contributed by atoms with Crippen LogP contribution in [0.4, 0.5) is 11.6 Å². The van der Waals surface area contributed by atoms with Crippen LogP contribution in [0.5, 0.6) is 0 Å². The van der Waals surface area contributed by atoms with Crippen molar-refractivity contribution in [3.05, 3.63) is 28.4 Å². The predicted molar refractivity (Wildman–Crippen MR) is 77.4 cm³/mol. The molecule has 0 saturated carbocycles. The molecule has 0 saturated heterocycles. The third-order valence-electron chi connectivity index (χ3n) is 3.13. The van der Waals surface area contributed by atoms with Crippen LogP contribution in [0.15, 0.2) is 21.8 Å². The molecule has 0 bridgehead atoms. The summed E-state index contributed by atoms with van der Waals surface area (Å²) in [6, 6.07) is 1.94. The van der Waals surface area contributed by atoms with Crippen LogP contribution in [-0.2, 0) is 7.05 Å². The van der Waals surface area contributed by atoms with Crippen molar-refractivity contribution in [2.45, 2.75) is 13.8 Å². The Balaban J connectivity index is 2.12. The van der Waals surface area contributed by atoms with Gasteiger partial charge in [-0.05, 0) is 25.5 Å². The molecule has 3 heterocycles. The monoisotopic (exact) mass is 303 g/mol. The number of aliphatic imine (C=N–C) groups is 1. The van der Waals surface area contributed by atoms with Gasteiger partial charge in [0.1, 0.15) is 4.83 Å².